The van der Waals surface area contributed by atoms with Gasteiger partial charge in [0, 0.05) is 41.8 Å². The van der Waals surface area contributed by atoms with Crippen molar-refractivity contribution in [3.63, 3.8) is 0 Å². The van der Waals surface area contributed by atoms with E-state index in [0.717, 1.165) is 41.9 Å². The first kappa shape index (κ1) is 22.8. The Morgan fingerprint density at radius 1 is 0.879 bits per heavy atom. The predicted molar refractivity (Wildman–Crippen MR) is 136 cm³/mol. The second kappa shape index (κ2) is 9.61. The highest BCUT2D eigenvalue weighted by Crippen LogP contribution is 2.24. The second-order valence-electron chi connectivity index (χ2n) is 9.73. The second-order valence-corrected chi connectivity index (χ2v) is 9.73. The zero-order valence-corrected chi connectivity index (χ0v) is 20.0. The van der Waals surface area contributed by atoms with Crippen molar-refractivity contribution < 1.29 is 4.79 Å². The van der Waals surface area contributed by atoms with E-state index in [1.807, 2.05) is 61.5 Å². The van der Waals surface area contributed by atoms with Gasteiger partial charge < -0.3 is 15.5 Å². The molecule has 2 heterocycles. The van der Waals surface area contributed by atoms with Crippen molar-refractivity contribution in [3.05, 3.63) is 71.4 Å². The molecule has 0 aliphatic carbocycles. The Bertz CT molecular complexity index is 1090. The summed E-state index contributed by atoms with van der Waals surface area (Å²) < 4.78 is 0. The number of nitrogens with zero attached hydrogens (tertiary/aromatic N) is 3. The highest BCUT2D eigenvalue weighted by Gasteiger charge is 2.16. The van der Waals surface area contributed by atoms with Crippen molar-refractivity contribution in [3.8, 4) is 0 Å². The van der Waals surface area contributed by atoms with Gasteiger partial charge in [0.05, 0.1) is 0 Å². The van der Waals surface area contributed by atoms with Crippen molar-refractivity contribution in [2.75, 3.05) is 28.6 Å². The summed E-state index contributed by atoms with van der Waals surface area (Å²) in [6.45, 7) is 10.5. The van der Waals surface area contributed by atoms with Gasteiger partial charge in [-0.15, -0.1) is 0 Å². The summed E-state index contributed by atoms with van der Waals surface area (Å²) in [6.07, 6.45) is 3.65. The molecule has 0 radical (unpaired) electrons. The maximum Gasteiger partial charge on any atom is 0.255 e. The molecule has 2 aromatic carbocycles. The average molecular weight is 444 g/mol. The number of hydrogen-bond donors (Lipinski definition) is 2. The van der Waals surface area contributed by atoms with E-state index >= 15 is 0 Å². The number of nitrogens with one attached hydrogen (secondary N) is 2. The lowest BCUT2D eigenvalue weighted by Crippen LogP contribution is -2.31. The van der Waals surface area contributed by atoms with E-state index in [1.54, 1.807) is 0 Å². The molecule has 172 valence electrons. The smallest absolute Gasteiger partial charge is 0.255 e. The number of hydrogen-bond acceptors (Lipinski definition) is 5. The molecule has 6 heteroatoms. The van der Waals surface area contributed by atoms with E-state index in [-0.39, 0.29) is 11.3 Å². The van der Waals surface area contributed by atoms with Gasteiger partial charge >= 0.3 is 0 Å². The number of rotatable bonds is 5. The number of benzene rings is 2. The molecule has 4 rings (SSSR count). The highest BCUT2D eigenvalue weighted by molar-refractivity contribution is 6.04. The Kier molecular flexibility index (Phi) is 6.63. The summed E-state index contributed by atoms with van der Waals surface area (Å²) >= 11 is 0. The van der Waals surface area contributed by atoms with Gasteiger partial charge in [0.25, 0.3) is 5.91 Å². The molecule has 6 nitrogen and oxygen atoms in total. The zero-order valence-electron chi connectivity index (χ0n) is 20.0. The average Bonchev–Trinajstić information content (AvgIpc) is 2.80. The lowest BCUT2D eigenvalue weighted by molar-refractivity contribution is 0.102. The maximum atomic E-state index is 12.6. The fourth-order valence-corrected chi connectivity index (χ4v) is 3.96. The van der Waals surface area contributed by atoms with E-state index < -0.39 is 0 Å². The Hall–Kier alpha value is -3.41. The van der Waals surface area contributed by atoms with Gasteiger partial charge in [-0.1, -0.05) is 32.9 Å². The molecule has 0 spiro atoms. The van der Waals surface area contributed by atoms with Crippen molar-refractivity contribution in [2.45, 2.75) is 52.4 Å². The SMILES string of the molecule is Cc1cc(Nc2ccc(NC(=O)c3ccc(C(C)(C)C)cc3)cc2)nc(N2CCCCC2)n1. The van der Waals surface area contributed by atoms with Crippen LogP contribution < -0.4 is 15.5 Å². The lowest BCUT2D eigenvalue weighted by Gasteiger charge is -2.27. The van der Waals surface area contributed by atoms with Crippen LogP contribution in [-0.4, -0.2) is 29.0 Å². The maximum absolute atomic E-state index is 12.6. The van der Waals surface area contributed by atoms with Crippen molar-refractivity contribution in [1.82, 2.24) is 9.97 Å². The minimum absolute atomic E-state index is 0.0641. The standard InChI is InChI=1S/C27H33N5O/c1-19-18-24(31-26(28-19)32-16-6-5-7-17-32)29-22-12-14-23(15-13-22)30-25(33)20-8-10-21(11-9-20)27(2,3)4/h8-15,18H,5-7,16-17H2,1-4H3,(H,30,33)(H,28,29,31). The molecule has 2 N–H and O–H groups in total. The largest absolute Gasteiger partial charge is 0.341 e. The molecule has 1 fully saturated rings. The van der Waals surface area contributed by atoms with Crippen LogP contribution in [0.15, 0.2) is 54.6 Å². The van der Waals surface area contributed by atoms with E-state index in [9.17, 15) is 4.79 Å². The summed E-state index contributed by atoms with van der Waals surface area (Å²) in [6, 6.07) is 17.4. The van der Waals surface area contributed by atoms with Crippen LogP contribution in [0.4, 0.5) is 23.1 Å². The van der Waals surface area contributed by atoms with Gasteiger partial charge in [0.15, 0.2) is 0 Å². The first-order valence-corrected chi connectivity index (χ1v) is 11.7. The molecule has 1 aliphatic rings. The molecule has 1 aliphatic heterocycles. The Morgan fingerprint density at radius 2 is 1.52 bits per heavy atom. The third-order valence-corrected chi connectivity index (χ3v) is 5.91. The van der Waals surface area contributed by atoms with Crippen LogP contribution in [0.2, 0.25) is 0 Å². The van der Waals surface area contributed by atoms with Crippen LogP contribution in [0.1, 0.15) is 61.6 Å². The normalized spacial score (nSPS) is 14.1. The van der Waals surface area contributed by atoms with Crippen LogP contribution in [0.25, 0.3) is 0 Å². The molecule has 1 aromatic heterocycles. The quantitative estimate of drug-likeness (QED) is 0.501. The summed E-state index contributed by atoms with van der Waals surface area (Å²) in [5.41, 5.74) is 4.51. The Balaban J connectivity index is 1.40. The molecule has 0 saturated carbocycles. The van der Waals surface area contributed by atoms with Gasteiger partial charge in [-0.25, -0.2) is 4.98 Å². The van der Waals surface area contributed by atoms with Crippen molar-refractivity contribution in [1.29, 1.82) is 0 Å². The first-order valence-electron chi connectivity index (χ1n) is 11.7. The van der Waals surface area contributed by atoms with Gasteiger partial charge in [-0.05, 0) is 73.6 Å². The van der Waals surface area contributed by atoms with Crippen LogP contribution in [0.3, 0.4) is 0 Å². The minimum atomic E-state index is -0.117. The van der Waals surface area contributed by atoms with Gasteiger partial charge in [-0.2, -0.15) is 4.98 Å². The summed E-state index contributed by atoms with van der Waals surface area (Å²) in [4.78, 5) is 24.2. The zero-order chi connectivity index (χ0) is 23.4. The third-order valence-electron chi connectivity index (χ3n) is 5.91. The fraction of sp³-hybridized carbons (Fsp3) is 0.370. The van der Waals surface area contributed by atoms with Gasteiger partial charge in [0.1, 0.15) is 5.82 Å². The van der Waals surface area contributed by atoms with E-state index in [0.29, 0.717) is 5.56 Å². The summed E-state index contributed by atoms with van der Waals surface area (Å²) in [5, 5.41) is 6.34. The first-order chi connectivity index (χ1) is 15.8. The van der Waals surface area contributed by atoms with Crippen molar-refractivity contribution >= 4 is 29.0 Å². The molecule has 1 amide bonds. The number of piperidine rings is 1. The fourth-order valence-electron chi connectivity index (χ4n) is 3.96. The van der Waals surface area contributed by atoms with Crippen molar-refractivity contribution in [2.24, 2.45) is 0 Å². The van der Waals surface area contributed by atoms with E-state index in [2.05, 4.69) is 41.3 Å². The summed E-state index contributed by atoms with van der Waals surface area (Å²) in [5.74, 6) is 1.45. The van der Waals surface area contributed by atoms with Crippen LogP contribution in [0, 0.1) is 6.92 Å². The molecule has 3 aromatic rings. The monoisotopic (exact) mass is 443 g/mol. The van der Waals surface area contributed by atoms with Gasteiger partial charge in [0.2, 0.25) is 5.95 Å². The Morgan fingerprint density at radius 3 is 2.15 bits per heavy atom. The minimum Gasteiger partial charge on any atom is -0.341 e. The molecular formula is C27H33N5O. The molecule has 0 bridgehead atoms. The van der Waals surface area contributed by atoms with Gasteiger partial charge in [-0.3, -0.25) is 4.79 Å². The lowest BCUT2D eigenvalue weighted by atomic mass is 9.87. The predicted octanol–water partition coefficient (Wildman–Crippen LogP) is 6.07. The van der Waals surface area contributed by atoms with Crippen LogP contribution in [-0.2, 0) is 5.41 Å². The molecule has 1 saturated heterocycles. The molecule has 0 atom stereocenters. The van der Waals surface area contributed by atoms with Crippen LogP contribution >= 0.6 is 0 Å². The number of carbonyl (C=O) groups excluding carboxylic acids is 1. The van der Waals surface area contributed by atoms with E-state index in [1.165, 1.54) is 24.8 Å². The topological polar surface area (TPSA) is 70.2 Å². The number of aryl methyl sites for hydroxylation is 1. The number of aromatic nitrogens is 2. The van der Waals surface area contributed by atoms with E-state index in [4.69, 9.17) is 4.98 Å². The number of amides is 1. The number of carbonyl (C=O) groups is 1. The third kappa shape index (κ3) is 5.89. The Labute approximate surface area is 196 Å². The number of anilines is 4. The molecular weight excluding hydrogens is 410 g/mol. The molecule has 33 heavy (non-hydrogen) atoms. The highest BCUT2D eigenvalue weighted by atomic mass is 16.1. The molecule has 0 unspecified atom stereocenters. The summed E-state index contributed by atoms with van der Waals surface area (Å²) in [7, 11) is 0. The van der Waals surface area contributed by atoms with Crippen LogP contribution in [0.5, 0.6) is 0 Å².